The molecule has 2 aromatic carbocycles. The van der Waals surface area contributed by atoms with E-state index in [-0.39, 0.29) is 38.1 Å². The summed E-state index contributed by atoms with van der Waals surface area (Å²) >= 11 is 2.94. The van der Waals surface area contributed by atoms with Crippen molar-refractivity contribution < 1.29 is 33.8 Å². The number of carboxylic acid groups (broad SMARTS) is 1. The molecule has 4 amide bonds. The zero-order valence-corrected chi connectivity index (χ0v) is 22.3. The Balaban J connectivity index is 1.70. The number of benzene rings is 2. The van der Waals surface area contributed by atoms with Gasteiger partial charge in [0, 0.05) is 6.42 Å². The van der Waals surface area contributed by atoms with Gasteiger partial charge < -0.3 is 31.1 Å². The Morgan fingerprint density at radius 2 is 1.42 bits per heavy atom. The van der Waals surface area contributed by atoms with Gasteiger partial charge in [0.1, 0.15) is 12.8 Å². The molecule has 0 aliphatic rings. The zero-order chi connectivity index (χ0) is 27.8. The maximum absolute atomic E-state index is 12.4. The number of aliphatic carboxylic acids is 1. The summed E-state index contributed by atoms with van der Waals surface area (Å²) in [6, 6.07) is 16.9. The first kappa shape index (κ1) is 30.5. The number of amides is 4. The summed E-state index contributed by atoms with van der Waals surface area (Å²) in [5.74, 6) is -3.49. The molecular weight excluding hydrogens is 560 g/mol. The van der Waals surface area contributed by atoms with Crippen LogP contribution in [-0.2, 0) is 41.7 Å². The van der Waals surface area contributed by atoms with Crippen LogP contribution in [0.25, 0.3) is 0 Å². The number of hydrogen-bond acceptors (Lipinski definition) is 6. The Morgan fingerprint density at radius 1 is 0.789 bits per heavy atom. The number of ether oxygens (including phenoxy) is 1. The average Bonchev–Trinajstić information content (AvgIpc) is 2.92. The number of hydrogen-bond donors (Lipinski definition) is 5. The third-order valence-electron chi connectivity index (χ3n) is 5.20. The van der Waals surface area contributed by atoms with Gasteiger partial charge in [-0.1, -0.05) is 70.5 Å². The van der Waals surface area contributed by atoms with E-state index in [4.69, 9.17) is 9.84 Å². The third kappa shape index (κ3) is 12.5. The SMILES string of the molecule is O=C(O)CCC(NC(=O)CNC(=O)CBr)C(=O)NCC(=O)NCOCc1ccc(Cc2ccccc2)cc1. The van der Waals surface area contributed by atoms with Crippen LogP contribution < -0.4 is 21.3 Å². The lowest BCUT2D eigenvalue weighted by Crippen LogP contribution is -2.51. The van der Waals surface area contributed by atoms with Crippen LogP contribution in [0, 0.1) is 0 Å². The highest BCUT2D eigenvalue weighted by molar-refractivity contribution is 9.09. The molecule has 38 heavy (non-hydrogen) atoms. The van der Waals surface area contributed by atoms with E-state index in [1.165, 1.54) is 11.1 Å². The van der Waals surface area contributed by atoms with Gasteiger partial charge in [0.2, 0.25) is 23.6 Å². The molecule has 0 aliphatic heterocycles. The molecular formula is C26H31BrN4O7. The summed E-state index contributed by atoms with van der Waals surface area (Å²) in [4.78, 5) is 58.6. The van der Waals surface area contributed by atoms with E-state index in [0.29, 0.717) is 0 Å². The number of halogens is 1. The number of carboxylic acids is 1. The first-order valence-electron chi connectivity index (χ1n) is 11.8. The second kappa shape index (κ2) is 16.9. The van der Waals surface area contributed by atoms with Gasteiger partial charge in [-0.05, 0) is 29.5 Å². The molecule has 204 valence electrons. The van der Waals surface area contributed by atoms with E-state index >= 15 is 0 Å². The zero-order valence-electron chi connectivity index (χ0n) is 20.7. The van der Waals surface area contributed by atoms with Gasteiger partial charge in [0.15, 0.2) is 0 Å². The monoisotopic (exact) mass is 590 g/mol. The highest BCUT2D eigenvalue weighted by atomic mass is 79.9. The number of rotatable bonds is 16. The van der Waals surface area contributed by atoms with Crippen LogP contribution >= 0.6 is 15.9 Å². The second-order valence-electron chi connectivity index (χ2n) is 8.25. The number of carbonyl (C=O) groups excluding carboxylic acids is 4. The van der Waals surface area contributed by atoms with Gasteiger partial charge in [-0.25, -0.2) is 0 Å². The first-order chi connectivity index (χ1) is 18.3. The molecule has 1 unspecified atom stereocenters. The fourth-order valence-electron chi connectivity index (χ4n) is 3.25. The van der Waals surface area contributed by atoms with Crippen molar-refractivity contribution in [3.63, 3.8) is 0 Å². The summed E-state index contributed by atoms with van der Waals surface area (Å²) < 4.78 is 5.47. The molecule has 12 heteroatoms. The lowest BCUT2D eigenvalue weighted by molar-refractivity contribution is -0.138. The maximum atomic E-state index is 12.4. The smallest absolute Gasteiger partial charge is 0.303 e. The topological polar surface area (TPSA) is 163 Å². The Bertz CT molecular complexity index is 1080. The third-order valence-corrected chi connectivity index (χ3v) is 5.71. The number of alkyl halides is 1. The first-order valence-corrected chi connectivity index (χ1v) is 13.0. The molecule has 0 spiro atoms. The normalized spacial score (nSPS) is 11.2. The van der Waals surface area contributed by atoms with Crippen LogP contribution in [0.1, 0.15) is 29.5 Å². The second-order valence-corrected chi connectivity index (χ2v) is 8.81. The molecule has 5 N–H and O–H groups in total. The van der Waals surface area contributed by atoms with Crippen molar-refractivity contribution in [1.82, 2.24) is 21.3 Å². The van der Waals surface area contributed by atoms with Crippen LogP contribution in [0.5, 0.6) is 0 Å². The molecule has 0 saturated carbocycles. The van der Waals surface area contributed by atoms with Crippen molar-refractivity contribution >= 4 is 45.5 Å². The highest BCUT2D eigenvalue weighted by Crippen LogP contribution is 2.11. The summed E-state index contributed by atoms with van der Waals surface area (Å²) in [6.07, 6.45) is 0.270. The Morgan fingerprint density at radius 3 is 2.08 bits per heavy atom. The molecule has 2 rings (SSSR count). The molecule has 0 fully saturated rings. The van der Waals surface area contributed by atoms with E-state index in [9.17, 15) is 24.0 Å². The van der Waals surface area contributed by atoms with Crippen LogP contribution in [0.2, 0.25) is 0 Å². The van der Waals surface area contributed by atoms with Crippen molar-refractivity contribution in [3.05, 3.63) is 71.3 Å². The molecule has 0 saturated heterocycles. The predicted octanol–water partition coefficient (Wildman–Crippen LogP) is 0.845. The van der Waals surface area contributed by atoms with E-state index < -0.39 is 42.2 Å². The van der Waals surface area contributed by atoms with Gasteiger partial charge in [0.05, 0.1) is 25.0 Å². The molecule has 2 aromatic rings. The molecule has 0 aromatic heterocycles. The standard InChI is InChI=1S/C26H31BrN4O7/c27-13-22(32)28-15-24(34)31-21(10-11-25(35)36)26(37)29-14-23(33)30-17-38-16-20-8-6-19(7-9-20)12-18-4-2-1-3-5-18/h1-9,21H,10-17H2,(H,28,32)(H,29,37)(H,30,33)(H,31,34)(H,35,36). The maximum Gasteiger partial charge on any atom is 0.303 e. The molecule has 0 heterocycles. The van der Waals surface area contributed by atoms with Crippen molar-refractivity contribution in [2.75, 3.05) is 25.2 Å². The minimum absolute atomic E-state index is 0.00305. The van der Waals surface area contributed by atoms with Crippen molar-refractivity contribution in [3.8, 4) is 0 Å². The molecule has 11 nitrogen and oxygen atoms in total. The van der Waals surface area contributed by atoms with Crippen LogP contribution in [0.3, 0.4) is 0 Å². The molecule has 1 atom stereocenters. The van der Waals surface area contributed by atoms with Gasteiger partial charge in [-0.15, -0.1) is 0 Å². The van der Waals surface area contributed by atoms with E-state index in [1.54, 1.807) is 0 Å². The van der Waals surface area contributed by atoms with Gasteiger partial charge in [-0.2, -0.15) is 0 Å². The predicted molar refractivity (Wildman–Crippen MR) is 142 cm³/mol. The Kier molecular flexibility index (Phi) is 13.5. The van der Waals surface area contributed by atoms with Crippen LogP contribution in [-0.4, -0.2) is 65.9 Å². The number of nitrogens with one attached hydrogen (secondary N) is 4. The summed E-state index contributed by atoms with van der Waals surface area (Å²) in [6.45, 7) is -0.564. The quantitative estimate of drug-likeness (QED) is 0.110. The van der Waals surface area contributed by atoms with E-state index in [1.807, 2.05) is 42.5 Å². The summed E-state index contributed by atoms with van der Waals surface area (Å²) in [5, 5.41) is 18.5. The molecule has 0 bridgehead atoms. The van der Waals surface area contributed by atoms with E-state index in [2.05, 4.69) is 49.3 Å². The van der Waals surface area contributed by atoms with E-state index in [0.717, 1.165) is 12.0 Å². The fourth-order valence-corrected chi connectivity index (χ4v) is 3.44. The summed E-state index contributed by atoms with van der Waals surface area (Å²) in [7, 11) is 0. The molecule has 0 aliphatic carbocycles. The van der Waals surface area contributed by atoms with Crippen LogP contribution in [0.4, 0.5) is 0 Å². The largest absolute Gasteiger partial charge is 0.481 e. The summed E-state index contributed by atoms with van der Waals surface area (Å²) in [5.41, 5.74) is 3.33. The average molecular weight is 591 g/mol. The van der Waals surface area contributed by atoms with Gasteiger partial charge in [-0.3, -0.25) is 24.0 Å². The lowest BCUT2D eigenvalue weighted by Gasteiger charge is -2.18. The van der Waals surface area contributed by atoms with Crippen molar-refractivity contribution in [2.24, 2.45) is 0 Å². The van der Waals surface area contributed by atoms with Gasteiger partial charge in [0.25, 0.3) is 0 Å². The van der Waals surface area contributed by atoms with Gasteiger partial charge >= 0.3 is 5.97 Å². The lowest BCUT2D eigenvalue weighted by atomic mass is 10.0. The number of carbonyl (C=O) groups is 5. The molecule has 0 radical (unpaired) electrons. The van der Waals surface area contributed by atoms with Crippen molar-refractivity contribution in [2.45, 2.75) is 31.9 Å². The Hall–Kier alpha value is -3.77. The van der Waals surface area contributed by atoms with Crippen LogP contribution in [0.15, 0.2) is 54.6 Å². The highest BCUT2D eigenvalue weighted by Gasteiger charge is 2.22. The fraction of sp³-hybridized carbons (Fsp3) is 0.346. The minimum Gasteiger partial charge on any atom is -0.481 e. The Labute approximate surface area is 228 Å². The van der Waals surface area contributed by atoms with Crippen molar-refractivity contribution in [1.29, 1.82) is 0 Å². The minimum atomic E-state index is -1.19.